The summed E-state index contributed by atoms with van der Waals surface area (Å²) in [5, 5.41) is 7.58. The first kappa shape index (κ1) is 20.6. The zero-order valence-corrected chi connectivity index (χ0v) is 17.5. The lowest BCUT2D eigenvalue weighted by atomic mass is 10.0. The van der Waals surface area contributed by atoms with Crippen molar-refractivity contribution in [3.63, 3.8) is 0 Å². The molecule has 0 bridgehead atoms. The van der Waals surface area contributed by atoms with Gasteiger partial charge in [-0.3, -0.25) is 9.59 Å². The summed E-state index contributed by atoms with van der Waals surface area (Å²) < 4.78 is 0. The van der Waals surface area contributed by atoms with Gasteiger partial charge in [0.15, 0.2) is 0 Å². The van der Waals surface area contributed by atoms with Crippen molar-refractivity contribution in [1.29, 1.82) is 0 Å². The van der Waals surface area contributed by atoms with Crippen molar-refractivity contribution in [1.82, 2.24) is 5.32 Å². The van der Waals surface area contributed by atoms with Crippen LogP contribution in [0.2, 0.25) is 0 Å². The maximum absolute atomic E-state index is 12.9. The van der Waals surface area contributed by atoms with Crippen molar-refractivity contribution in [3.05, 3.63) is 93.3 Å². The number of carbonyl (C=O) groups excluding carboxylic acids is 2. The Balaban J connectivity index is 1.82. The molecule has 4 nitrogen and oxygen atoms in total. The van der Waals surface area contributed by atoms with Crippen LogP contribution in [0.4, 0.5) is 5.69 Å². The average molecular weight is 405 g/mol. The van der Waals surface area contributed by atoms with Gasteiger partial charge >= 0.3 is 0 Å². The van der Waals surface area contributed by atoms with E-state index in [1.54, 1.807) is 18.2 Å². The number of thiophene rings is 1. The van der Waals surface area contributed by atoms with E-state index < -0.39 is 0 Å². The maximum Gasteiger partial charge on any atom is 0.272 e. The van der Waals surface area contributed by atoms with Crippen molar-refractivity contribution >= 4 is 34.9 Å². The molecular formula is C24H24N2O2S. The standard InChI is InChI=1S/C24H24N2O2S/c1-16(2)18-10-12-19(13-11-18)25-24(28)22(15-20-8-6-14-29-20)26-23(27)21-9-5-4-7-17(21)3/h4-16H,1-3H3,(H,25,28)(H,26,27)/b22-15-. The zero-order valence-electron chi connectivity index (χ0n) is 16.7. The van der Waals surface area contributed by atoms with Crippen LogP contribution in [0.1, 0.15) is 46.1 Å². The van der Waals surface area contributed by atoms with Crippen LogP contribution in [0.3, 0.4) is 0 Å². The van der Waals surface area contributed by atoms with Gasteiger partial charge in [-0.25, -0.2) is 0 Å². The Morgan fingerprint density at radius 2 is 1.69 bits per heavy atom. The largest absolute Gasteiger partial charge is 0.321 e. The number of hydrogen-bond acceptors (Lipinski definition) is 3. The third kappa shape index (κ3) is 5.42. The van der Waals surface area contributed by atoms with Gasteiger partial charge in [0.1, 0.15) is 5.70 Å². The van der Waals surface area contributed by atoms with Crippen molar-refractivity contribution in [2.45, 2.75) is 26.7 Å². The molecule has 1 heterocycles. The highest BCUT2D eigenvalue weighted by molar-refractivity contribution is 7.10. The molecule has 0 aliphatic rings. The van der Waals surface area contributed by atoms with Crippen molar-refractivity contribution in [2.24, 2.45) is 0 Å². The predicted molar refractivity (Wildman–Crippen MR) is 120 cm³/mol. The molecule has 2 amide bonds. The van der Waals surface area contributed by atoms with E-state index in [9.17, 15) is 9.59 Å². The van der Waals surface area contributed by atoms with Gasteiger partial charge in [-0.15, -0.1) is 11.3 Å². The molecule has 0 spiro atoms. The first-order chi connectivity index (χ1) is 13.9. The van der Waals surface area contributed by atoms with E-state index in [-0.39, 0.29) is 17.5 Å². The van der Waals surface area contributed by atoms with Crippen molar-refractivity contribution in [2.75, 3.05) is 5.32 Å². The average Bonchev–Trinajstić information content (AvgIpc) is 3.21. The molecule has 0 aliphatic carbocycles. The molecule has 0 atom stereocenters. The molecular weight excluding hydrogens is 380 g/mol. The molecule has 0 fully saturated rings. The maximum atomic E-state index is 12.9. The lowest BCUT2D eigenvalue weighted by molar-refractivity contribution is -0.113. The summed E-state index contributed by atoms with van der Waals surface area (Å²) in [4.78, 5) is 26.6. The molecule has 5 heteroatoms. The molecule has 3 aromatic rings. The summed E-state index contributed by atoms with van der Waals surface area (Å²) in [5.41, 5.74) is 3.48. The second-order valence-electron chi connectivity index (χ2n) is 7.07. The Morgan fingerprint density at radius 3 is 2.31 bits per heavy atom. The molecule has 29 heavy (non-hydrogen) atoms. The Hall–Kier alpha value is -3.18. The van der Waals surface area contributed by atoms with Crippen LogP contribution >= 0.6 is 11.3 Å². The highest BCUT2D eigenvalue weighted by Gasteiger charge is 2.16. The number of amides is 2. The molecule has 0 saturated carbocycles. The normalized spacial score (nSPS) is 11.4. The number of rotatable bonds is 6. The topological polar surface area (TPSA) is 58.2 Å². The fourth-order valence-corrected chi connectivity index (χ4v) is 3.50. The molecule has 1 aromatic heterocycles. The van der Waals surface area contributed by atoms with Gasteiger partial charge in [0.2, 0.25) is 0 Å². The van der Waals surface area contributed by atoms with Crippen LogP contribution in [-0.4, -0.2) is 11.8 Å². The van der Waals surface area contributed by atoms with Crippen LogP contribution in [0.15, 0.2) is 71.7 Å². The fraction of sp³-hybridized carbons (Fsp3) is 0.167. The van der Waals surface area contributed by atoms with E-state index in [4.69, 9.17) is 0 Å². The Morgan fingerprint density at radius 1 is 0.966 bits per heavy atom. The van der Waals surface area contributed by atoms with E-state index in [0.717, 1.165) is 10.4 Å². The summed E-state index contributed by atoms with van der Waals surface area (Å²) in [6.45, 7) is 6.11. The Kier molecular flexibility index (Phi) is 6.62. The molecule has 0 unspecified atom stereocenters. The van der Waals surface area contributed by atoms with Gasteiger partial charge in [-0.1, -0.05) is 50.2 Å². The van der Waals surface area contributed by atoms with Crippen molar-refractivity contribution < 1.29 is 9.59 Å². The number of nitrogens with one attached hydrogen (secondary N) is 2. The van der Waals surface area contributed by atoms with E-state index in [1.807, 2.05) is 60.8 Å². The van der Waals surface area contributed by atoms with E-state index in [1.165, 1.54) is 16.9 Å². The number of anilines is 1. The van der Waals surface area contributed by atoms with Crippen LogP contribution in [0.5, 0.6) is 0 Å². The number of benzene rings is 2. The van der Waals surface area contributed by atoms with Gasteiger partial charge in [0.25, 0.3) is 11.8 Å². The van der Waals surface area contributed by atoms with Crippen LogP contribution in [-0.2, 0) is 4.79 Å². The smallest absolute Gasteiger partial charge is 0.272 e. The SMILES string of the molecule is Cc1ccccc1C(=O)N/C(=C\c1cccs1)C(=O)Nc1ccc(C(C)C)cc1. The molecule has 2 aromatic carbocycles. The summed E-state index contributed by atoms with van der Waals surface area (Å²) in [5.74, 6) is -0.253. The van der Waals surface area contributed by atoms with Gasteiger partial charge in [0, 0.05) is 16.1 Å². The molecule has 0 aliphatic heterocycles. The fourth-order valence-electron chi connectivity index (χ4n) is 2.84. The van der Waals surface area contributed by atoms with Gasteiger partial charge < -0.3 is 10.6 Å². The second kappa shape index (κ2) is 9.34. The number of hydrogen-bond donors (Lipinski definition) is 2. The minimum atomic E-state index is -0.363. The highest BCUT2D eigenvalue weighted by atomic mass is 32.1. The molecule has 0 radical (unpaired) electrons. The minimum absolute atomic E-state index is 0.202. The minimum Gasteiger partial charge on any atom is -0.321 e. The molecule has 0 saturated heterocycles. The van der Waals surface area contributed by atoms with Crippen LogP contribution < -0.4 is 10.6 Å². The summed E-state index contributed by atoms with van der Waals surface area (Å²) >= 11 is 1.50. The third-order valence-corrected chi connectivity index (χ3v) is 5.37. The van der Waals surface area contributed by atoms with E-state index in [0.29, 0.717) is 17.2 Å². The van der Waals surface area contributed by atoms with Crippen LogP contribution in [0, 0.1) is 6.92 Å². The number of aryl methyl sites for hydroxylation is 1. The Labute approximate surface area is 175 Å². The highest BCUT2D eigenvalue weighted by Crippen LogP contribution is 2.19. The third-order valence-electron chi connectivity index (χ3n) is 4.55. The first-order valence-electron chi connectivity index (χ1n) is 9.47. The number of carbonyl (C=O) groups is 2. The van der Waals surface area contributed by atoms with E-state index >= 15 is 0 Å². The summed E-state index contributed by atoms with van der Waals surface area (Å²) in [6, 6.07) is 18.8. The summed E-state index contributed by atoms with van der Waals surface area (Å²) in [6.07, 6.45) is 1.69. The monoisotopic (exact) mass is 404 g/mol. The Bertz CT molecular complexity index is 1020. The second-order valence-corrected chi connectivity index (χ2v) is 8.05. The van der Waals surface area contributed by atoms with Gasteiger partial charge in [-0.05, 0) is 59.7 Å². The van der Waals surface area contributed by atoms with E-state index in [2.05, 4.69) is 24.5 Å². The predicted octanol–water partition coefficient (Wildman–Crippen LogP) is 5.59. The zero-order chi connectivity index (χ0) is 20.8. The first-order valence-corrected chi connectivity index (χ1v) is 10.4. The van der Waals surface area contributed by atoms with Gasteiger partial charge in [-0.2, -0.15) is 0 Å². The molecule has 2 N–H and O–H groups in total. The lowest BCUT2D eigenvalue weighted by Gasteiger charge is -2.13. The molecule has 148 valence electrons. The van der Waals surface area contributed by atoms with Gasteiger partial charge in [0.05, 0.1) is 0 Å². The van der Waals surface area contributed by atoms with Crippen LogP contribution in [0.25, 0.3) is 6.08 Å². The summed E-state index contributed by atoms with van der Waals surface area (Å²) in [7, 11) is 0. The lowest BCUT2D eigenvalue weighted by Crippen LogP contribution is -2.31. The van der Waals surface area contributed by atoms with Crippen molar-refractivity contribution in [3.8, 4) is 0 Å². The molecule has 3 rings (SSSR count). The quantitative estimate of drug-likeness (QED) is 0.526.